The van der Waals surface area contributed by atoms with E-state index >= 15 is 0 Å². The van der Waals surface area contributed by atoms with E-state index in [-0.39, 0.29) is 0 Å². The van der Waals surface area contributed by atoms with Crippen molar-refractivity contribution >= 4 is 27.0 Å². The van der Waals surface area contributed by atoms with E-state index in [0.29, 0.717) is 5.89 Å². The lowest BCUT2D eigenvalue weighted by molar-refractivity contribution is 0.617. The number of rotatable bonds is 1. The average Bonchev–Trinajstić information content (AvgIpc) is 2.76. The maximum absolute atomic E-state index is 5.92. The van der Waals surface area contributed by atoms with Gasteiger partial charge in [-0.05, 0) is 66.0 Å². The van der Waals surface area contributed by atoms with Gasteiger partial charge in [0, 0.05) is 5.56 Å². The van der Waals surface area contributed by atoms with Gasteiger partial charge in [0.2, 0.25) is 5.89 Å². The highest BCUT2D eigenvalue weighted by Gasteiger charge is 2.13. The number of benzene rings is 2. The second kappa shape index (κ2) is 4.49. The van der Waals surface area contributed by atoms with Gasteiger partial charge in [0.15, 0.2) is 5.58 Å². The molecule has 0 saturated carbocycles. The number of hydrogen-bond donors (Lipinski definition) is 0. The van der Waals surface area contributed by atoms with Crippen LogP contribution < -0.4 is 0 Å². The third-order valence-corrected chi connectivity index (χ3v) is 3.80. The Morgan fingerprint density at radius 1 is 1.00 bits per heavy atom. The SMILES string of the molecule is Cc1ccc(C)c(-c2nc3cc(C)cc(Br)c3o2)c1. The van der Waals surface area contributed by atoms with Crippen LogP contribution in [-0.4, -0.2) is 4.98 Å². The average molecular weight is 316 g/mol. The molecule has 0 radical (unpaired) electrons. The molecule has 3 rings (SSSR count). The van der Waals surface area contributed by atoms with E-state index in [0.717, 1.165) is 21.1 Å². The molecule has 1 heterocycles. The summed E-state index contributed by atoms with van der Waals surface area (Å²) in [7, 11) is 0. The van der Waals surface area contributed by atoms with Crippen LogP contribution in [0.3, 0.4) is 0 Å². The first-order valence-corrected chi connectivity index (χ1v) is 6.98. The van der Waals surface area contributed by atoms with Crippen LogP contribution in [0.15, 0.2) is 39.2 Å². The van der Waals surface area contributed by atoms with E-state index in [2.05, 4.69) is 59.9 Å². The summed E-state index contributed by atoms with van der Waals surface area (Å²) in [6.45, 7) is 6.20. The molecule has 0 spiro atoms. The number of nitrogens with zero attached hydrogens (tertiary/aromatic N) is 1. The molecule has 2 aromatic carbocycles. The van der Waals surface area contributed by atoms with E-state index < -0.39 is 0 Å². The van der Waals surface area contributed by atoms with Gasteiger partial charge >= 0.3 is 0 Å². The van der Waals surface area contributed by atoms with Crippen LogP contribution in [0, 0.1) is 20.8 Å². The van der Waals surface area contributed by atoms with Crippen molar-refractivity contribution in [3.63, 3.8) is 0 Å². The molecule has 3 heteroatoms. The Labute approximate surface area is 120 Å². The van der Waals surface area contributed by atoms with Crippen LogP contribution >= 0.6 is 15.9 Å². The molecule has 0 fully saturated rings. The maximum atomic E-state index is 5.92. The Hall–Kier alpha value is -1.61. The topological polar surface area (TPSA) is 26.0 Å². The fourth-order valence-electron chi connectivity index (χ4n) is 2.21. The minimum absolute atomic E-state index is 0.683. The predicted molar refractivity (Wildman–Crippen MR) is 81.4 cm³/mol. The normalized spacial score (nSPS) is 11.2. The monoisotopic (exact) mass is 315 g/mol. The summed E-state index contributed by atoms with van der Waals surface area (Å²) in [6, 6.07) is 10.4. The van der Waals surface area contributed by atoms with Gasteiger partial charge in [0.1, 0.15) is 5.52 Å². The molecule has 0 unspecified atom stereocenters. The van der Waals surface area contributed by atoms with Gasteiger partial charge in [-0.2, -0.15) is 0 Å². The lowest BCUT2D eigenvalue weighted by Gasteiger charge is -2.02. The van der Waals surface area contributed by atoms with Crippen molar-refractivity contribution in [2.24, 2.45) is 0 Å². The van der Waals surface area contributed by atoms with Crippen molar-refractivity contribution in [2.45, 2.75) is 20.8 Å². The lowest BCUT2D eigenvalue weighted by atomic mass is 10.1. The third-order valence-electron chi connectivity index (χ3n) is 3.21. The molecule has 0 aliphatic heterocycles. The van der Waals surface area contributed by atoms with Gasteiger partial charge in [-0.15, -0.1) is 0 Å². The zero-order valence-electron chi connectivity index (χ0n) is 11.1. The van der Waals surface area contributed by atoms with Crippen LogP contribution in [0.25, 0.3) is 22.6 Å². The van der Waals surface area contributed by atoms with Crippen LogP contribution in [0.1, 0.15) is 16.7 Å². The minimum atomic E-state index is 0.683. The standard InChI is InChI=1S/C16H14BrNO/c1-9-4-5-11(3)12(6-9)16-18-14-8-10(2)7-13(17)15(14)19-16/h4-8H,1-3H3. The van der Waals surface area contributed by atoms with Crippen molar-refractivity contribution in [3.05, 3.63) is 51.5 Å². The molecule has 0 amide bonds. The molecule has 96 valence electrons. The van der Waals surface area contributed by atoms with Crippen molar-refractivity contribution in [2.75, 3.05) is 0 Å². The number of aromatic nitrogens is 1. The molecular weight excluding hydrogens is 302 g/mol. The molecule has 0 aliphatic carbocycles. The van der Waals surface area contributed by atoms with Crippen molar-refractivity contribution in [1.29, 1.82) is 0 Å². The van der Waals surface area contributed by atoms with Crippen molar-refractivity contribution in [3.8, 4) is 11.5 Å². The summed E-state index contributed by atoms with van der Waals surface area (Å²) in [5, 5.41) is 0. The van der Waals surface area contributed by atoms with Crippen molar-refractivity contribution < 1.29 is 4.42 Å². The van der Waals surface area contributed by atoms with Gasteiger partial charge in [-0.1, -0.05) is 17.7 Å². The Morgan fingerprint density at radius 3 is 2.58 bits per heavy atom. The molecule has 0 aliphatic rings. The highest BCUT2D eigenvalue weighted by molar-refractivity contribution is 9.10. The van der Waals surface area contributed by atoms with Gasteiger partial charge in [-0.3, -0.25) is 0 Å². The summed E-state index contributed by atoms with van der Waals surface area (Å²) in [5.41, 5.74) is 6.30. The Kier molecular flexibility index (Phi) is 2.94. The van der Waals surface area contributed by atoms with E-state index in [1.165, 1.54) is 16.7 Å². The number of aryl methyl sites for hydroxylation is 3. The molecule has 1 aromatic heterocycles. The van der Waals surface area contributed by atoms with E-state index in [4.69, 9.17) is 4.42 Å². The van der Waals surface area contributed by atoms with Gasteiger partial charge < -0.3 is 4.42 Å². The lowest BCUT2D eigenvalue weighted by Crippen LogP contribution is -1.84. The van der Waals surface area contributed by atoms with Crippen LogP contribution in [0.5, 0.6) is 0 Å². The quantitative estimate of drug-likeness (QED) is 0.618. The number of halogens is 1. The van der Waals surface area contributed by atoms with Crippen LogP contribution in [0.4, 0.5) is 0 Å². The predicted octanol–water partition coefficient (Wildman–Crippen LogP) is 5.18. The number of fused-ring (bicyclic) bond motifs is 1. The first-order valence-electron chi connectivity index (χ1n) is 6.19. The highest BCUT2D eigenvalue weighted by atomic mass is 79.9. The van der Waals surface area contributed by atoms with Crippen LogP contribution in [-0.2, 0) is 0 Å². The second-order valence-electron chi connectivity index (χ2n) is 4.93. The summed E-state index contributed by atoms with van der Waals surface area (Å²) in [4.78, 5) is 4.61. The highest BCUT2D eigenvalue weighted by Crippen LogP contribution is 2.32. The molecule has 0 atom stereocenters. The first kappa shape index (κ1) is 12.4. The molecule has 19 heavy (non-hydrogen) atoms. The largest absolute Gasteiger partial charge is 0.435 e. The van der Waals surface area contributed by atoms with Crippen LogP contribution in [0.2, 0.25) is 0 Å². The Morgan fingerprint density at radius 2 is 1.79 bits per heavy atom. The Bertz CT molecular complexity index is 774. The van der Waals surface area contributed by atoms with E-state index in [9.17, 15) is 0 Å². The fourth-order valence-corrected chi connectivity index (χ4v) is 2.85. The zero-order chi connectivity index (χ0) is 13.6. The Balaban J connectivity index is 2.26. The molecule has 3 aromatic rings. The molecule has 0 N–H and O–H groups in total. The smallest absolute Gasteiger partial charge is 0.227 e. The van der Waals surface area contributed by atoms with E-state index in [1.807, 2.05) is 12.1 Å². The van der Waals surface area contributed by atoms with Gasteiger partial charge in [-0.25, -0.2) is 4.98 Å². The third kappa shape index (κ3) is 2.19. The summed E-state index contributed by atoms with van der Waals surface area (Å²) >= 11 is 3.53. The summed E-state index contributed by atoms with van der Waals surface area (Å²) in [5.74, 6) is 0.683. The minimum Gasteiger partial charge on any atom is -0.435 e. The van der Waals surface area contributed by atoms with Gasteiger partial charge in [0.05, 0.1) is 4.47 Å². The van der Waals surface area contributed by atoms with E-state index in [1.54, 1.807) is 0 Å². The summed E-state index contributed by atoms with van der Waals surface area (Å²) in [6.07, 6.45) is 0. The molecule has 0 bridgehead atoms. The van der Waals surface area contributed by atoms with Gasteiger partial charge in [0.25, 0.3) is 0 Å². The fraction of sp³-hybridized carbons (Fsp3) is 0.188. The molecule has 0 saturated heterocycles. The first-order chi connectivity index (χ1) is 9.04. The number of hydrogen-bond acceptors (Lipinski definition) is 2. The maximum Gasteiger partial charge on any atom is 0.227 e. The molecular formula is C16H14BrNO. The summed E-state index contributed by atoms with van der Waals surface area (Å²) < 4.78 is 6.87. The van der Waals surface area contributed by atoms with Crippen molar-refractivity contribution in [1.82, 2.24) is 4.98 Å². The zero-order valence-corrected chi connectivity index (χ0v) is 12.7. The molecule has 2 nitrogen and oxygen atoms in total. The second-order valence-corrected chi connectivity index (χ2v) is 5.79. The number of oxazole rings is 1.